The molecule has 11 heteroatoms. The summed E-state index contributed by atoms with van der Waals surface area (Å²) in [6.45, 7) is 4.60. The summed E-state index contributed by atoms with van der Waals surface area (Å²) in [6.07, 6.45) is -2.76. The van der Waals surface area contributed by atoms with Crippen molar-refractivity contribution in [2.75, 3.05) is 36.4 Å². The molecule has 0 aliphatic carbocycles. The first-order valence-electron chi connectivity index (χ1n) is 13.3. The Morgan fingerprint density at radius 1 is 0.951 bits per heavy atom. The Balaban J connectivity index is 1.08. The van der Waals surface area contributed by atoms with Crippen molar-refractivity contribution >= 4 is 28.6 Å². The number of nitrogens with zero attached hydrogens (tertiary/aromatic N) is 5. The quantitative estimate of drug-likeness (QED) is 0.270. The lowest BCUT2D eigenvalue weighted by Gasteiger charge is -2.36. The fraction of sp³-hybridized carbons (Fsp3) is 0.233. The maximum absolute atomic E-state index is 13.3. The van der Waals surface area contributed by atoms with E-state index >= 15 is 0 Å². The van der Waals surface area contributed by atoms with Crippen LogP contribution in [0.5, 0.6) is 0 Å². The van der Waals surface area contributed by atoms with Crippen LogP contribution < -0.4 is 10.2 Å². The number of carbonyl (C=O) groups excluding carboxylic acids is 1. The average molecular weight is 560 g/mol. The third kappa shape index (κ3) is 5.60. The second-order valence-electron chi connectivity index (χ2n) is 10.1. The van der Waals surface area contributed by atoms with E-state index in [2.05, 4.69) is 51.5 Å². The molecular weight excluding hydrogens is 531 g/mol. The number of aromatic amines is 1. The summed E-state index contributed by atoms with van der Waals surface area (Å²) >= 11 is 0. The van der Waals surface area contributed by atoms with E-state index in [-0.39, 0.29) is 5.69 Å². The van der Waals surface area contributed by atoms with E-state index in [1.54, 1.807) is 6.20 Å². The summed E-state index contributed by atoms with van der Waals surface area (Å²) < 4.78 is 41.7. The molecule has 1 saturated heterocycles. The van der Waals surface area contributed by atoms with Gasteiger partial charge in [-0.25, -0.2) is 14.5 Å². The second kappa shape index (κ2) is 10.6. The van der Waals surface area contributed by atoms with Crippen LogP contribution in [-0.2, 0) is 12.7 Å². The number of fused-ring (bicyclic) bond motifs is 1. The molecule has 0 spiro atoms. The first-order chi connectivity index (χ1) is 19.7. The van der Waals surface area contributed by atoms with E-state index in [1.807, 2.05) is 28.9 Å². The van der Waals surface area contributed by atoms with Crippen molar-refractivity contribution in [2.45, 2.75) is 19.6 Å². The third-order valence-electron chi connectivity index (χ3n) is 7.28. The molecule has 1 aliphatic rings. The number of halogens is 3. The predicted octanol–water partition coefficient (Wildman–Crippen LogP) is 6.16. The number of carbonyl (C=O) groups is 1. The molecule has 2 amide bonds. The zero-order valence-corrected chi connectivity index (χ0v) is 22.3. The molecule has 6 rings (SSSR count). The van der Waals surface area contributed by atoms with Gasteiger partial charge in [-0.2, -0.15) is 18.3 Å². The smallest absolute Gasteiger partial charge is 0.368 e. The van der Waals surface area contributed by atoms with Crippen molar-refractivity contribution in [2.24, 2.45) is 0 Å². The monoisotopic (exact) mass is 559 g/mol. The molecule has 2 N–H and O–H groups in total. The van der Waals surface area contributed by atoms with Gasteiger partial charge in [0.05, 0.1) is 24.0 Å². The van der Waals surface area contributed by atoms with Crippen molar-refractivity contribution in [3.63, 3.8) is 0 Å². The van der Waals surface area contributed by atoms with Crippen LogP contribution in [0.4, 0.5) is 29.3 Å². The normalized spacial score (nSPS) is 14.0. The van der Waals surface area contributed by atoms with Gasteiger partial charge < -0.3 is 20.1 Å². The molecule has 2 aromatic heterocycles. The molecule has 5 aromatic rings. The molecule has 210 valence electrons. The van der Waals surface area contributed by atoms with Gasteiger partial charge in [0.1, 0.15) is 11.3 Å². The minimum atomic E-state index is -4.54. The number of benzene rings is 3. The van der Waals surface area contributed by atoms with E-state index in [1.165, 1.54) is 28.7 Å². The minimum Gasteiger partial charge on any atom is -0.368 e. The highest BCUT2D eigenvalue weighted by atomic mass is 19.4. The highest BCUT2D eigenvalue weighted by Gasteiger charge is 2.34. The first kappa shape index (κ1) is 26.4. The van der Waals surface area contributed by atoms with Crippen molar-refractivity contribution in [1.29, 1.82) is 0 Å². The third-order valence-corrected chi connectivity index (χ3v) is 7.28. The number of hydrogen-bond acceptors (Lipinski definition) is 4. The minimum absolute atomic E-state index is 0.239. The lowest BCUT2D eigenvalue weighted by Crippen LogP contribution is -2.50. The number of aryl methyl sites for hydroxylation is 1. The fourth-order valence-corrected chi connectivity index (χ4v) is 5.00. The van der Waals surface area contributed by atoms with Crippen LogP contribution >= 0.6 is 0 Å². The largest absolute Gasteiger partial charge is 0.418 e. The molecule has 0 unspecified atom stereocenters. The zero-order valence-electron chi connectivity index (χ0n) is 22.3. The number of alkyl halides is 3. The van der Waals surface area contributed by atoms with E-state index in [0.29, 0.717) is 32.7 Å². The van der Waals surface area contributed by atoms with Crippen LogP contribution in [0.2, 0.25) is 0 Å². The molecule has 0 saturated carbocycles. The Morgan fingerprint density at radius 3 is 2.37 bits per heavy atom. The predicted molar refractivity (Wildman–Crippen MR) is 152 cm³/mol. The second-order valence-corrected chi connectivity index (χ2v) is 10.1. The summed E-state index contributed by atoms with van der Waals surface area (Å²) in [5, 5.41) is 6.90. The highest BCUT2D eigenvalue weighted by molar-refractivity contribution is 5.90. The number of aromatic nitrogens is 4. The van der Waals surface area contributed by atoms with Crippen LogP contribution in [0, 0.1) is 6.92 Å². The fourth-order valence-electron chi connectivity index (χ4n) is 5.00. The van der Waals surface area contributed by atoms with Gasteiger partial charge in [0.15, 0.2) is 5.65 Å². The summed E-state index contributed by atoms with van der Waals surface area (Å²) in [7, 11) is 0. The highest BCUT2D eigenvalue weighted by Crippen LogP contribution is 2.34. The van der Waals surface area contributed by atoms with Gasteiger partial charge >= 0.3 is 12.2 Å². The van der Waals surface area contributed by atoms with Gasteiger partial charge in [-0.15, -0.1) is 0 Å². The number of anilines is 2. The molecule has 41 heavy (non-hydrogen) atoms. The number of nitrogens with one attached hydrogen (secondary N) is 2. The number of amides is 2. The van der Waals surface area contributed by atoms with Crippen LogP contribution in [0.3, 0.4) is 0 Å². The van der Waals surface area contributed by atoms with Crippen molar-refractivity contribution in [3.05, 3.63) is 95.7 Å². The standard InChI is InChI=1S/C30H28F3N7O/c1-20-6-8-21(9-7-20)19-40-28-26(18-34-40)35-27(37-28)22-10-12-23(13-11-22)38-14-16-39(17-15-38)29(41)36-25-5-3-2-4-24(25)30(31,32)33/h2-13,18H,14-17,19H2,1H3,(H,35,37)(H,36,41). The maximum atomic E-state index is 13.3. The molecule has 0 radical (unpaired) electrons. The van der Waals surface area contributed by atoms with Gasteiger partial charge in [0.2, 0.25) is 0 Å². The molecule has 0 atom stereocenters. The Bertz CT molecular complexity index is 1670. The Hall–Kier alpha value is -4.80. The number of piperazine rings is 1. The SMILES string of the molecule is Cc1ccc(Cn2ncc3[nH]c(-c4ccc(N5CCN(C(=O)Nc6ccccc6C(F)(F)F)CC5)cc4)nc32)cc1. The number of rotatable bonds is 5. The van der Waals surface area contributed by atoms with Gasteiger partial charge in [0.25, 0.3) is 0 Å². The van der Waals surface area contributed by atoms with Crippen LogP contribution in [0.1, 0.15) is 16.7 Å². The van der Waals surface area contributed by atoms with Crippen LogP contribution in [0.15, 0.2) is 79.0 Å². The summed E-state index contributed by atoms with van der Waals surface area (Å²) in [6, 6.07) is 20.8. The van der Waals surface area contributed by atoms with Gasteiger partial charge in [-0.3, -0.25) is 0 Å². The Morgan fingerprint density at radius 2 is 1.66 bits per heavy atom. The lowest BCUT2D eigenvalue weighted by atomic mass is 10.1. The maximum Gasteiger partial charge on any atom is 0.418 e. The molecule has 0 bridgehead atoms. The van der Waals surface area contributed by atoms with Crippen molar-refractivity contribution in [1.82, 2.24) is 24.6 Å². The number of H-pyrrole nitrogens is 1. The van der Waals surface area contributed by atoms with Crippen LogP contribution in [-0.4, -0.2) is 56.9 Å². The van der Waals surface area contributed by atoms with Gasteiger partial charge in [-0.05, 0) is 48.9 Å². The topological polar surface area (TPSA) is 82.1 Å². The molecule has 3 heterocycles. The van der Waals surface area contributed by atoms with Gasteiger partial charge in [0, 0.05) is 37.4 Å². The molecule has 1 fully saturated rings. The van der Waals surface area contributed by atoms with E-state index in [9.17, 15) is 18.0 Å². The van der Waals surface area contributed by atoms with Gasteiger partial charge in [-0.1, -0.05) is 42.0 Å². The van der Waals surface area contributed by atoms with E-state index < -0.39 is 17.8 Å². The van der Waals surface area contributed by atoms with Crippen molar-refractivity contribution < 1.29 is 18.0 Å². The summed E-state index contributed by atoms with van der Waals surface area (Å²) in [5.74, 6) is 0.752. The molecule has 1 aliphatic heterocycles. The van der Waals surface area contributed by atoms with Crippen LogP contribution in [0.25, 0.3) is 22.6 Å². The molecule has 3 aromatic carbocycles. The zero-order chi connectivity index (χ0) is 28.6. The molecular formula is C30H28F3N7O. The van der Waals surface area contributed by atoms with Crippen molar-refractivity contribution in [3.8, 4) is 11.4 Å². The number of hydrogen-bond donors (Lipinski definition) is 2. The summed E-state index contributed by atoms with van der Waals surface area (Å²) in [4.78, 5) is 24.5. The summed E-state index contributed by atoms with van der Waals surface area (Å²) in [5.41, 5.74) is 4.85. The average Bonchev–Trinajstić information content (AvgIpc) is 3.56. The Kier molecular flexibility index (Phi) is 6.86. The van der Waals surface area contributed by atoms with E-state index in [4.69, 9.17) is 4.98 Å². The lowest BCUT2D eigenvalue weighted by molar-refractivity contribution is -0.136. The number of para-hydroxylation sites is 1. The molecule has 8 nitrogen and oxygen atoms in total. The number of urea groups is 1. The van der Waals surface area contributed by atoms with E-state index in [0.717, 1.165) is 39.9 Å². The Labute approximate surface area is 234 Å². The number of imidazole rings is 1. The first-order valence-corrected chi connectivity index (χ1v) is 13.3.